The third kappa shape index (κ3) is 3.40. The zero-order valence-corrected chi connectivity index (χ0v) is 13.8. The molecule has 0 radical (unpaired) electrons. The average Bonchev–Trinajstić information content (AvgIpc) is 2.78. The van der Waals surface area contributed by atoms with E-state index in [9.17, 15) is 0 Å². The first-order valence-electron chi connectivity index (χ1n) is 7.12. The minimum atomic E-state index is 0.720. The Kier molecular flexibility index (Phi) is 4.81. The van der Waals surface area contributed by atoms with Crippen LogP contribution in [0.1, 0.15) is 35.7 Å². The first kappa shape index (κ1) is 15.0. The third-order valence-corrected chi connectivity index (χ3v) is 4.47. The number of benzene rings is 1. The molecule has 0 unspecified atom stereocenters. The summed E-state index contributed by atoms with van der Waals surface area (Å²) in [5, 5.41) is 1.14. The van der Waals surface area contributed by atoms with E-state index < -0.39 is 0 Å². The minimum Gasteiger partial charge on any atom is -0.496 e. The van der Waals surface area contributed by atoms with Crippen LogP contribution >= 0.6 is 11.3 Å². The van der Waals surface area contributed by atoms with Crippen molar-refractivity contribution in [1.82, 2.24) is 4.98 Å². The van der Waals surface area contributed by atoms with E-state index in [0.29, 0.717) is 0 Å². The van der Waals surface area contributed by atoms with Gasteiger partial charge in [-0.25, -0.2) is 4.98 Å². The van der Waals surface area contributed by atoms with E-state index in [4.69, 9.17) is 9.72 Å². The molecule has 1 aromatic carbocycles. The number of methoxy groups -OCH3 is 1. The fourth-order valence-electron chi connectivity index (χ4n) is 2.25. The van der Waals surface area contributed by atoms with Crippen LogP contribution in [0.3, 0.4) is 0 Å². The van der Waals surface area contributed by atoms with Gasteiger partial charge in [-0.3, -0.25) is 0 Å². The smallest absolute Gasteiger partial charge is 0.122 e. The van der Waals surface area contributed by atoms with Gasteiger partial charge < -0.3 is 4.74 Å². The van der Waals surface area contributed by atoms with E-state index in [1.807, 2.05) is 11.3 Å². The molecule has 0 bridgehead atoms. The van der Waals surface area contributed by atoms with E-state index in [1.54, 1.807) is 7.11 Å². The van der Waals surface area contributed by atoms with Crippen molar-refractivity contribution in [2.75, 3.05) is 7.11 Å². The molecule has 0 fully saturated rings. The molecule has 108 valence electrons. The van der Waals surface area contributed by atoms with Gasteiger partial charge >= 0.3 is 0 Å². The maximum Gasteiger partial charge on any atom is 0.122 e. The summed E-state index contributed by atoms with van der Waals surface area (Å²) in [6, 6.07) is 6.35. The lowest BCUT2D eigenvalue weighted by atomic mass is 10.0. The van der Waals surface area contributed by atoms with Crippen molar-refractivity contribution in [2.45, 2.75) is 40.5 Å². The standard InChI is InChI=1S/C17H23NOS/c1-11(2)6-9-16-17(18-13(4)20-16)14-8-7-12(3)15(10-14)19-5/h7-8,10-11H,6,9H2,1-5H3. The van der Waals surface area contributed by atoms with Gasteiger partial charge in [0.1, 0.15) is 5.75 Å². The molecule has 0 aliphatic heterocycles. The molecule has 0 saturated carbocycles. The number of thiazole rings is 1. The second-order valence-electron chi connectivity index (χ2n) is 5.62. The van der Waals surface area contributed by atoms with Crippen molar-refractivity contribution in [3.05, 3.63) is 33.6 Å². The van der Waals surface area contributed by atoms with Gasteiger partial charge in [0, 0.05) is 10.4 Å². The first-order chi connectivity index (χ1) is 9.51. The van der Waals surface area contributed by atoms with Crippen LogP contribution in [0.2, 0.25) is 0 Å². The van der Waals surface area contributed by atoms with Crippen molar-refractivity contribution in [3.8, 4) is 17.0 Å². The van der Waals surface area contributed by atoms with Crippen LogP contribution in [0, 0.1) is 19.8 Å². The minimum absolute atomic E-state index is 0.720. The van der Waals surface area contributed by atoms with Gasteiger partial charge in [0.05, 0.1) is 17.8 Å². The molecular formula is C17H23NOS. The maximum absolute atomic E-state index is 5.43. The summed E-state index contributed by atoms with van der Waals surface area (Å²) in [4.78, 5) is 6.12. The summed E-state index contributed by atoms with van der Waals surface area (Å²) >= 11 is 1.82. The molecule has 3 heteroatoms. The highest BCUT2D eigenvalue weighted by Gasteiger charge is 2.13. The van der Waals surface area contributed by atoms with Crippen LogP contribution in [0.4, 0.5) is 0 Å². The summed E-state index contributed by atoms with van der Waals surface area (Å²) in [5.74, 6) is 1.65. The Bertz CT molecular complexity index is 587. The summed E-state index contributed by atoms with van der Waals surface area (Å²) in [7, 11) is 1.72. The largest absolute Gasteiger partial charge is 0.496 e. The molecule has 2 aromatic rings. The lowest BCUT2D eigenvalue weighted by Gasteiger charge is -2.08. The fraction of sp³-hybridized carbons (Fsp3) is 0.471. The molecule has 0 N–H and O–H groups in total. The highest BCUT2D eigenvalue weighted by molar-refractivity contribution is 7.12. The Hall–Kier alpha value is -1.35. The molecule has 20 heavy (non-hydrogen) atoms. The zero-order valence-electron chi connectivity index (χ0n) is 13.0. The highest BCUT2D eigenvalue weighted by Crippen LogP contribution is 2.32. The number of hydrogen-bond acceptors (Lipinski definition) is 3. The van der Waals surface area contributed by atoms with E-state index in [2.05, 4.69) is 45.9 Å². The highest BCUT2D eigenvalue weighted by atomic mass is 32.1. The van der Waals surface area contributed by atoms with Crippen LogP contribution < -0.4 is 4.74 Å². The number of ether oxygens (including phenoxy) is 1. The van der Waals surface area contributed by atoms with Crippen LogP contribution in [-0.2, 0) is 6.42 Å². The van der Waals surface area contributed by atoms with Crippen molar-refractivity contribution < 1.29 is 4.74 Å². The van der Waals surface area contributed by atoms with Crippen molar-refractivity contribution in [2.24, 2.45) is 5.92 Å². The van der Waals surface area contributed by atoms with Crippen molar-refractivity contribution in [3.63, 3.8) is 0 Å². The van der Waals surface area contributed by atoms with Crippen LogP contribution in [0.5, 0.6) is 5.75 Å². The second kappa shape index (κ2) is 6.40. The molecule has 2 nitrogen and oxygen atoms in total. The van der Waals surface area contributed by atoms with Crippen LogP contribution in [-0.4, -0.2) is 12.1 Å². The SMILES string of the molecule is COc1cc(-c2nc(C)sc2CCC(C)C)ccc1C. The molecule has 1 aromatic heterocycles. The Morgan fingerprint density at radius 3 is 2.65 bits per heavy atom. The Morgan fingerprint density at radius 1 is 1.25 bits per heavy atom. The van der Waals surface area contributed by atoms with E-state index in [1.165, 1.54) is 11.3 Å². The molecule has 0 aliphatic carbocycles. The quantitative estimate of drug-likeness (QED) is 0.770. The fourth-order valence-corrected chi connectivity index (χ4v) is 3.22. The maximum atomic E-state index is 5.43. The summed E-state index contributed by atoms with van der Waals surface area (Å²) in [6.45, 7) is 8.68. The second-order valence-corrected chi connectivity index (χ2v) is 6.91. The van der Waals surface area contributed by atoms with Crippen molar-refractivity contribution >= 4 is 11.3 Å². The lowest BCUT2D eigenvalue weighted by Crippen LogP contribution is -1.93. The Balaban J connectivity index is 2.36. The van der Waals surface area contributed by atoms with E-state index in [0.717, 1.165) is 39.9 Å². The van der Waals surface area contributed by atoms with Crippen LogP contribution in [0.25, 0.3) is 11.3 Å². The van der Waals surface area contributed by atoms with Gasteiger partial charge in [0.15, 0.2) is 0 Å². The van der Waals surface area contributed by atoms with Gasteiger partial charge in [0.25, 0.3) is 0 Å². The van der Waals surface area contributed by atoms with E-state index in [-0.39, 0.29) is 0 Å². The molecule has 0 saturated heterocycles. The lowest BCUT2D eigenvalue weighted by molar-refractivity contribution is 0.412. The monoisotopic (exact) mass is 289 g/mol. The molecule has 0 amide bonds. The number of nitrogens with zero attached hydrogens (tertiary/aromatic N) is 1. The molecule has 2 rings (SSSR count). The van der Waals surface area contributed by atoms with Gasteiger partial charge in [-0.15, -0.1) is 11.3 Å². The summed E-state index contributed by atoms with van der Waals surface area (Å²) < 4.78 is 5.43. The summed E-state index contributed by atoms with van der Waals surface area (Å²) in [6.07, 6.45) is 2.31. The molecule has 0 aliphatic rings. The predicted octanol–water partition coefficient (Wildman–Crippen LogP) is 5.02. The first-order valence-corrected chi connectivity index (χ1v) is 7.94. The third-order valence-electron chi connectivity index (χ3n) is 3.43. The molecule has 0 spiro atoms. The number of aryl methyl sites for hydroxylation is 3. The average molecular weight is 289 g/mol. The molecule has 1 heterocycles. The summed E-state index contributed by atoms with van der Waals surface area (Å²) in [5.41, 5.74) is 3.45. The van der Waals surface area contributed by atoms with Crippen molar-refractivity contribution in [1.29, 1.82) is 0 Å². The molecule has 0 atom stereocenters. The topological polar surface area (TPSA) is 22.1 Å². The number of hydrogen-bond donors (Lipinski definition) is 0. The molecular weight excluding hydrogens is 266 g/mol. The predicted molar refractivity (Wildman–Crippen MR) is 86.7 cm³/mol. The van der Waals surface area contributed by atoms with E-state index >= 15 is 0 Å². The number of rotatable bonds is 5. The number of aromatic nitrogens is 1. The van der Waals surface area contributed by atoms with Gasteiger partial charge in [-0.2, -0.15) is 0 Å². The normalized spacial score (nSPS) is 11.1. The van der Waals surface area contributed by atoms with Crippen LogP contribution in [0.15, 0.2) is 18.2 Å². The van der Waals surface area contributed by atoms with Gasteiger partial charge in [-0.05, 0) is 44.2 Å². The Morgan fingerprint density at radius 2 is 2.00 bits per heavy atom. The van der Waals surface area contributed by atoms with Gasteiger partial charge in [0.2, 0.25) is 0 Å². The zero-order chi connectivity index (χ0) is 14.7. The van der Waals surface area contributed by atoms with Gasteiger partial charge in [-0.1, -0.05) is 26.0 Å². The Labute approximate surface area is 125 Å².